The molecule has 0 aromatic heterocycles. The molecule has 1 aromatic rings. The first-order chi connectivity index (χ1) is 7.61. The van der Waals surface area contributed by atoms with E-state index in [0.717, 1.165) is 0 Å². The minimum absolute atomic E-state index is 0.136. The van der Waals surface area contributed by atoms with Gasteiger partial charge in [0.2, 0.25) is 0 Å². The van der Waals surface area contributed by atoms with Crippen LogP contribution in [0.15, 0.2) is 35.2 Å². The van der Waals surface area contributed by atoms with E-state index in [9.17, 15) is 8.42 Å². The number of rotatable bonds is 1. The minimum Gasteiger partial charge on any atom is -0.207 e. The lowest BCUT2D eigenvalue weighted by atomic mass is 10.4. The average molecular weight is 267 g/mol. The predicted molar refractivity (Wildman–Crippen MR) is 73.5 cm³/mol. The summed E-state index contributed by atoms with van der Waals surface area (Å²) in [4.78, 5) is 0.136. The van der Waals surface area contributed by atoms with Gasteiger partial charge in [0.25, 0.3) is 9.05 Å². The summed E-state index contributed by atoms with van der Waals surface area (Å²) in [5.41, 5.74) is 0. The Morgan fingerprint density at radius 3 is 1.31 bits per heavy atom. The normalized spacial score (nSPS) is 8.19. The molecule has 0 atom stereocenters. The lowest BCUT2D eigenvalue weighted by Crippen LogP contribution is -1.87. The van der Waals surface area contributed by atoms with Crippen molar-refractivity contribution in [1.29, 1.82) is 0 Å². The van der Waals surface area contributed by atoms with Gasteiger partial charge < -0.3 is 0 Å². The maximum atomic E-state index is 10.6. The van der Waals surface area contributed by atoms with Crippen LogP contribution in [0.25, 0.3) is 0 Å². The molecule has 16 heavy (non-hydrogen) atoms. The zero-order valence-electron chi connectivity index (χ0n) is 11.0. The first-order valence-corrected chi connectivity index (χ1v) is 7.91. The van der Waals surface area contributed by atoms with Gasteiger partial charge >= 0.3 is 0 Å². The molecule has 0 heterocycles. The highest BCUT2D eigenvalue weighted by Gasteiger charge is 2.06. The zero-order valence-corrected chi connectivity index (χ0v) is 12.6. The molecule has 0 aliphatic rings. The molecular weight excluding hydrogens is 244 g/mol. The van der Waals surface area contributed by atoms with Crippen LogP contribution < -0.4 is 0 Å². The van der Waals surface area contributed by atoms with E-state index < -0.39 is 9.05 Å². The highest BCUT2D eigenvalue weighted by atomic mass is 35.7. The van der Waals surface area contributed by atoms with E-state index in [1.54, 1.807) is 18.2 Å². The maximum Gasteiger partial charge on any atom is 0.261 e. The average Bonchev–Trinajstić information content (AvgIpc) is 2.37. The molecule has 0 N–H and O–H groups in total. The smallest absolute Gasteiger partial charge is 0.207 e. The second-order valence-electron chi connectivity index (χ2n) is 1.75. The predicted octanol–water partition coefficient (Wildman–Crippen LogP) is 4.69. The number of hydrogen-bond donors (Lipinski definition) is 0. The first-order valence-electron chi connectivity index (χ1n) is 5.60. The Balaban J connectivity index is -0.000000245. The van der Waals surface area contributed by atoms with Crippen LogP contribution in [0.4, 0.5) is 0 Å². The van der Waals surface area contributed by atoms with Crippen LogP contribution in [-0.4, -0.2) is 8.42 Å². The van der Waals surface area contributed by atoms with Crippen LogP contribution in [0.1, 0.15) is 41.5 Å². The van der Waals surface area contributed by atoms with Crippen molar-refractivity contribution in [1.82, 2.24) is 0 Å². The molecule has 1 aromatic carbocycles. The van der Waals surface area contributed by atoms with E-state index in [1.807, 2.05) is 41.5 Å². The van der Waals surface area contributed by atoms with Gasteiger partial charge in [0.1, 0.15) is 0 Å². The quantitative estimate of drug-likeness (QED) is 0.691. The largest absolute Gasteiger partial charge is 0.261 e. The van der Waals surface area contributed by atoms with Gasteiger partial charge in [0, 0.05) is 10.7 Å². The Bertz CT molecular complexity index is 307. The zero-order chi connectivity index (χ0) is 13.6. The fraction of sp³-hybridized carbons (Fsp3) is 0.500. The van der Waals surface area contributed by atoms with Crippen molar-refractivity contribution in [2.24, 2.45) is 0 Å². The van der Waals surface area contributed by atoms with Crippen LogP contribution in [0.5, 0.6) is 0 Å². The van der Waals surface area contributed by atoms with Gasteiger partial charge in [-0.3, -0.25) is 0 Å². The van der Waals surface area contributed by atoms with Crippen molar-refractivity contribution >= 4 is 19.7 Å². The highest BCUT2D eigenvalue weighted by molar-refractivity contribution is 8.13. The minimum atomic E-state index is -3.53. The lowest BCUT2D eigenvalue weighted by Gasteiger charge is -1.91. The van der Waals surface area contributed by atoms with Crippen LogP contribution in [-0.2, 0) is 9.05 Å². The SMILES string of the molecule is CC.CC.CC.O=S(=O)(Cl)c1ccccc1. The Morgan fingerprint density at radius 1 is 0.812 bits per heavy atom. The lowest BCUT2D eigenvalue weighted by molar-refractivity contribution is 0.609. The van der Waals surface area contributed by atoms with E-state index in [1.165, 1.54) is 12.1 Å². The maximum absolute atomic E-state index is 10.6. The molecule has 4 heteroatoms. The summed E-state index contributed by atoms with van der Waals surface area (Å²) in [6.45, 7) is 12.0. The van der Waals surface area contributed by atoms with E-state index in [0.29, 0.717) is 0 Å². The van der Waals surface area contributed by atoms with Crippen LogP contribution >= 0.6 is 10.7 Å². The topological polar surface area (TPSA) is 34.1 Å². The van der Waals surface area contributed by atoms with Crippen molar-refractivity contribution in [3.05, 3.63) is 30.3 Å². The van der Waals surface area contributed by atoms with Gasteiger partial charge in [0.05, 0.1) is 4.90 Å². The molecule has 0 saturated heterocycles. The fourth-order valence-corrected chi connectivity index (χ4v) is 1.37. The molecule has 0 amide bonds. The van der Waals surface area contributed by atoms with Crippen LogP contribution in [0, 0.1) is 0 Å². The summed E-state index contributed by atoms with van der Waals surface area (Å²) in [7, 11) is 1.50. The summed E-state index contributed by atoms with van der Waals surface area (Å²) in [5.74, 6) is 0. The second-order valence-corrected chi connectivity index (χ2v) is 4.32. The van der Waals surface area contributed by atoms with Crippen LogP contribution in [0.3, 0.4) is 0 Å². The Labute approximate surface area is 105 Å². The Morgan fingerprint density at radius 2 is 1.12 bits per heavy atom. The van der Waals surface area contributed by atoms with Crippen molar-refractivity contribution in [3.63, 3.8) is 0 Å². The standard InChI is InChI=1S/C6H5ClO2S.3C2H6/c7-10(8,9)6-4-2-1-3-5-6;3*1-2/h1-5H;3*1-2H3. The highest BCUT2D eigenvalue weighted by Crippen LogP contribution is 2.12. The Hall–Kier alpha value is -0.540. The second kappa shape index (κ2) is 14.5. The molecule has 0 saturated carbocycles. The van der Waals surface area contributed by atoms with Gasteiger partial charge in [-0.15, -0.1) is 0 Å². The molecule has 2 nitrogen and oxygen atoms in total. The molecule has 96 valence electrons. The molecule has 0 aliphatic heterocycles. The van der Waals surface area contributed by atoms with E-state index in [2.05, 4.69) is 0 Å². The van der Waals surface area contributed by atoms with E-state index in [4.69, 9.17) is 10.7 Å². The summed E-state index contributed by atoms with van der Waals surface area (Å²) in [6.07, 6.45) is 0. The van der Waals surface area contributed by atoms with Crippen molar-refractivity contribution in [3.8, 4) is 0 Å². The van der Waals surface area contributed by atoms with Crippen molar-refractivity contribution in [2.75, 3.05) is 0 Å². The molecule has 0 unspecified atom stereocenters. The molecular formula is C12H23ClO2S. The number of halogens is 1. The molecule has 0 spiro atoms. The van der Waals surface area contributed by atoms with Gasteiger partial charge in [-0.1, -0.05) is 59.7 Å². The summed E-state index contributed by atoms with van der Waals surface area (Å²) in [6, 6.07) is 7.86. The molecule has 0 bridgehead atoms. The third kappa shape index (κ3) is 11.5. The fourth-order valence-electron chi connectivity index (χ4n) is 0.583. The third-order valence-corrected chi connectivity index (χ3v) is 2.39. The van der Waals surface area contributed by atoms with Gasteiger partial charge in [-0.25, -0.2) is 8.42 Å². The van der Waals surface area contributed by atoms with Crippen molar-refractivity contribution < 1.29 is 8.42 Å². The third-order valence-electron chi connectivity index (χ3n) is 1.02. The van der Waals surface area contributed by atoms with E-state index in [-0.39, 0.29) is 4.90 Å². The van der Waals surface area contributed by atoms with Crippen molar-refractivity contribution in [2.45, 2.75) is 46.4 Å². The molecule has 0 radical (unpaired) electrons. The monoisotopic (exact) mass is 266 g/mol. The van der Waals surface area contributed by atoms with Gasteiger partial charge in [0.15, 0.2) is 0 Å². The summed E-state index contributed by atoms with van der Waals surface area (Å²) >= 11 is 0. The summed E-state index contributed by atoms with van der Waals surface area (Å²) in [5, 5.41) is 0. The molecule has 1 rings (SSSR count). The Kier molecular flexibility index (Phi) is 18.8. The van der Waals surface area contributed by atoms with Gasteiger partial charge in [-0.05, 0) is 12.1 Å². The molecule has 0 aliphatic carbocycles. The number of benzene rings is 1. The van der Waals surface area contributed by atoms with E-state index >= 15 is 0 Å². The van der Waals surface area contributed by atoms with Gasteiger partial charge in [-0.2, -0.15) is 0 Å². The molecule has 0 fully saturated rings. The summed E-state index contributed by atoms with van der Waals surface area (Å²) < 4.78 is 21.2. The first kappa shape index (κ1) is 20.8. The number of hydrogen-bond acceptors (Lipinski definition) is 2. The van der Waals surface area contributed by atoms with Crippen LogP contribution in [0.2, 0.25) is 0 Å².